The summed E-state index contributed by atoms with van der Waals surface area (Å²) in [5, 5.41) is 7.06. The fraction of sp³-hybridized carbons (Fsp3) is 0.692. The van der Waals surface area contributed by atoms with Gasteiger partial charge in [-0.1, -0.05) is 11.3 Å². The molecule has 2 aliphatic rings. The van der Waals surface area contributed by atoms with E-state index in [1.807, 2.05) is 0 Å². The van der Waals surface area contributed by atoms with Crippen LogP contribution in [0.25, 0.3) is 0 Å². The Hall–Kier alpha value is -0.690. The van der Waals surface area contributed by atoms with E-state index in [1.165, 1.54) is 0 Å². The second kappa shape index (κ2) is 6.85. The zero-order chi connectivity index (χ0) is 13.2. The van der Waals surface area contributed by atoms with Crippen molar-refractivity contribution in [2.75, 3.05) is 18.5 Å². The lowest BCUT2D eigenvalue weighted by Gasteiger charge is -2.26. The average molecular weight is 318 g/mol. The number of nitrogens with one attached hydrogen (secondary N) is 2. The van der Waals surface area contributed by atoms with Crippen molar-refractivity contribution in [3.63, 3.8) is 0 Å². The van der Waals surface area contributed by atoms with Crippen LogP contribution < -0.4 is 10.6 Å². The summed E-state index contributed by atoms with van der Waals surface area (Å²) in [6.45, 7) is 4.41. The van der Waals surface area contributed by atoms with Gasteiger partial charge in [-0.05, 0) is 26.3 Å². The fourth-order valence-electron chi connectivity index (χ4n) is 2.66. The number of rotatable bonds is 2. The number of piperidine rings is 1. The van der Waals surface area contributed by atoms with Gasteiger partial charge in [0.2, 0.25) is 5.91 Å². The third-order valence-corrected chi connectivity index (χ3v) is 4.71. The minimum Gasteiger partial charge on any atom is -0.375 e. The molecule has 1 fully saturated rings. The first-order valence-corrected chi connectivity index (χ1v) is 7.64. The Kier molecular flexibility index (Phi) is 5.37. The summed E-state index contributed by atoms with van der Waals surface area (Å²) in [6, 6.07) is 0.419. The van der Waals surface area contributed by atoms with Gasteiger partial charge in [-0.2, -0.15) is 0 Å². The molecule has 1 aromatic heterocycles. The normalized spacial score (nSPS) is 25.4. The minimum atomic E-state index is 0. The highest BCUT2D eigenvalue weighted by atomic mass is 35.5. The van der Waals surface area contributed by atoms with Crippen molar-refractivity contribution in [3.8, 4) is 0 Å². The molecule has 20 heavy (non-hydrogen) atoms. The van der Waals surface area contributed by atoms with Crippen LogP contribution in [0.3, 0.4) is 0 Å². The molecule has 5 nitrogen and oxygen atoms in total. The molecule has 3 heterocycles. The molecule has 2 N–H and O–H groups in total. The van der Waals surface area contributed by atoms with Crippen LogP contribution in [-0.2, 0) is 22.6 Å². The summed E-state index contributed by atoms with van der Waals surface area (Å²) in [4.78, 5) is 17.9. The van der Waals surface area contributed by atoms with E-state index in [4.69, 9.17) is 4.74 Å². The highest BCUT2D eigenvalue weighted by Gasteiger charge is 2.26. The van der Waals surface area contributed by atoms with Crippen molar-refractivity contribution < 1.29 is 9.53 Å². The van der Waals surface area contributed by atoms with Crippen molar-refractivity contribution in [3.05, 3.63) is 10.6 Å². The Labute approximate surface area is 128 Å². The number of ether oxygens (including phenoxy) is 1. The largest absolute Gasteiger partial charge is 0.375 e. The lowest BCUT2D eigenvalue weighted by Crippen LogP contribution is -2.40. The van der Waals surface area contributed by atoms with E-state index in [9.17, 15) is 4.79 Å². The van der Waals surface area contributed by atoms with E-state index >= 15 is 0 Å². The maximum Gasteiger partial charge on any atom is 0.229 e. The van der Waals surface area contributed by atoms with Crippen molar-refractivity contribution in [1.29, 1.82) is 0 Å². The van der Waals surface area contributed by atoms with Crippen molar-refractivity contribution in [1.82, 2.24) is 10.3 Å². The SMILES string of the molecule is C[C@H]1C[C@@H](C(=O)Nc2nc3c(s2)COCC3)CCN1.Cl. The maximum atomic E-state index is 12.2. The Balaban J connectivity index is 0.00000147. The molecule has 2 atom stereocenters. The van der Waals surface area contributed by atoms with Crippen molar-refractivity contribution >= 4 is 34.8 Å². The first-order chi connectivity index (χ1) is 9.22. The molecule has 0 bridgehead atoms. The number of halogens is 1. The summed E-state index contributed by atoms with van der Waals surface area (Å²) in [5.41, 5.74) is 1.09. The molecule has 0 saturated carbocycles. The summed E-state index contributed by atoms with van der Waals surface area (Å²) in [5.74, 6) is 0.216. The zero-order valence-electron chi connectivity index (χ0n) is 11.5. The highest BCUT2D eigenvalue weighted by Crippen LogP contribution is 2.28. The van der Waals surface area contributed by atoms with Crippen LogP contribution in [0.5, 0.6) is 0 Å². The third-order valence-electron chi connectivity index (χ3n) is 3.72. The molecular formula is C13H20ClN3O2S. The fourth-order valence-corrected chi connectivity index (χ4v) is 3.60. The predicted octanol–water partition coefficient (Wildman–Crippen LogP) is 1.96. The van der Waals surface area contributed by atoms with Crippen LogP contribution in [0.1, 0.15) is 30.3 Å². The quantitative estimate of drug-likeness (QED) is 0.875. The van der Waals surface area contributed by atoms with Gasteiger partial charge in [0.15, 0.2) is 5.13 Å². The summed E-state index contributed by atoms with van der Waals surface area (Å²) in [7, 11) is 0. The van der Waals surface area contributed by atoms with Crippen LogP contribution in [-0.4, -0.2) is 30.1 Å². The molecule has 0 aromatic carbocycles. The molecule has 0 spiro atoms. The van der Waals surface area contributed by atoms with Crippen LogP contribution >= 0.6 is 23.7 Å². The first kappa shape index (κ1) is 15.7. The number of aromatic nitrogens is 1. The molecule has 112 valence electrons. The van der Waals surface area contributed by atoms with Gasteiger partial charge in [-0.25, -0.2) is 4.98 Å². The Morgan fingerprint density at radius 3 is 3.15 bits per heavy atom. The topological polar surface area (TPSA) is 63.2 Å². The van der Waals surface area contributed by atoms with Crippen LogP contribution in [0, 0.1) is 5.92 Å². The van der Waals surface area contributed by atoms with Crippen LogP contribution in [0.2, 0.25) is 0 Å². The van der Waals surface area contributed by atoms with E-state index in [-0.39, 0.29) is 24.2 Å². The smallest absolute Gasteiger partial charge is 0.229 e. The molecule has 1 amide bonds. The third kappa shape index (κ3) is 3.49. The van der Waals surface area contributed by atoms with Crippen molar-refractivity contribution in [2.24, 2.45) is 5.92 Å². The number of anilines is 1. The van der Waals surface area contributed by atoms with Crippen molar-refractivity contribution in [2.45, 2.75) is 38.8 Å². The maximum absolute atomic E-state index is 12.2. The number of hydrogen-bond donors (Lipinski definition) is 2. The molecule has 2 aliphatic heterocycles. The lowest BCUT2D eigenvalue weighted by atomic mass is 9.92. The van der Waals surface area contributed by atoms with Gasteiger partial charge in [-0.15, -0.1) is 12.4 Å². The highest BCUT2D eigenvalue weighted by molar-refractivity contribution is 7.15. The number of nitrogens with zero attached hydrogens (tertiary/aromatic N) is 1. The summed E-state index contributed by atoms with van der Waals surface area (Å²) >= 11 is 1.54. The van der Waals surface area contributed by atoms with E-state index in [0.717, 1.165) is 48.1 Å². The first-order valence-electron chi connectivity index (χ1n) is 6.83. The number of thiazole rings is 1. The Morgan fingerprint density at radius 1 is 1.55 bits per heavy atom. The summed E-state index contributed by atoms with van der Waals surface area (Å²) in [6.07, 6.45) is 2.66. The number of fused-ring (bicyclic) bond motifs is 1. The van der Waals surface area contributed by atoms with Gasteiger partial charge in [-0.3, -0.25) is 4.79 Å². The van der Waals surface area contributed by atoms with E-state index in [2.05, 4.69) is 22.5 Å². The van der Waals surface area contributed by atoms with E-state index < -0.39 is 0 Å². The van der Waals surface area contributed by atoms with Gasteiger partial charge in [0.25, 0.3) is 0 Å². The second-order valence-corrected chi connectivity index (χ2v) is 6.34. The lowest BCUT2D eigenvalue weighted by molar-refractivity contribution is -0.120. The number of amides is 1. The molecule has 3 rings (SSSR count). The number of hydrogen-bond acceptors (Lipinski definition) is 5. The molecular weight excluding hydrogens is 298 g/mol. The second-order valence-electron chi connectivity index (χ2n) is 5.26. The molecule has 0 radical (unpaired) electrons. The summed E-state index contributed by atoms with van der Waals surface area (Å²) < 4.78 is 5.39. The monoisotopic (exact) mass is 317 g/mol. The minimum absolute atomic E-state index is 0. The van der Waals surface area contributed by atoms with E-state index in [1.54, 1.807) is 11.3 Å². The molecule has 1 saturated heterocycles. The number of carbonyl (C=O) groups is 1. The Bertz CT molecular complexity index is 457. The standard InChI is InChI=1S/C13H19N3O2S.ClH/c1-8-6-9(2-4-14-8)12(17)16-13-15-10-3-5-18-7-11(10)19-13;/h8-9,14H,2-7H2,1H3,(H,15,16,17);1H/t8-,9-;/m0./s1. The molecule has 1 aromatic rings. The zero-order valence-corrected chi connectivity index (χ0v) is 13.1. The van der Waals surface area contributed by atoms with Gasteiger partial charge < -0.3 is 15.4 Å². The Morgan fingerprint density at radius 2 is 2.40 bits per heavy atom. The number of carbonyl (C=O) groups excluding carboxylic acids is 1. The molecule has 0 unspecified atom stereocenters. The average Bonchev–Trinajstić information content (AvgIpc) is 2.80. The molecule has 0 aliphatic carbocycles. The van der Waals surface area contributed by atoms with Crippen LogP contribution in [0.4, 0.5) is 5.13 Å². The van der Waals surface area contributed by atoms with Gasteiger partial charge >= 0.3 is 0 Å². The van der Waals surface area contributed by atoms with Gasteiger partial charge in [0.05, 0.1) is 23.8 Å². The van der Waals surface area contributed by atoms with Gasteiger partial charge in [0.1, 0.15) is 0 Å². The van der Waals surface area contributed by atoms with E-state index in [0.29, 0.717) is 12.6 Å². The van der Waals surface area contributed by atoms with Crippen LogP contribution in [0.15, 0.2) is 0 Å². The van der Waals surface area contributed by atoms with Gasteiger partial charge in [0, 0.05) is 18.4 Å². The molecule has 7 heteroatoms. The predicted molar refractivity (Wildman–Crippen MR) is 81.5 cm³/mol.